The van der Waals surface area contributed by atoms with Gasteiger partial charge in [-0.2, -0.15) is 0 Å². The van der Waals surface area contributed by atoms with Crippen molar-refractivity contribution >= 4 is 23.2 Å². The van der Waals surface area contributed by atoms with Crippen LogP contribution < -0.4 is 5.56 Å². The van der Waals surface area contributed by atoms with Gasteiger partial charge < -0.3 is 9.26 Å². The predicted octanol–water partition coefficient (Wildman–Crippen LogP) is 4.12. The fraction of sp³-hybridized carbons (Fsp3) is 0.143. The van der Waals surface area contributed by atoms with E-state index in [0.717, 1.165) is 5.56 Å². The molecule has 0 atom stereocenters. The fourth-order valence-corrected chi connectivity index (χ4v) is 3.30. The minimum atomic E-state index is -0.797. The van der Waals surface area contributed by atoms with E-state index in [0.29, 0.717) is 5.65 Å². The molecule has 0 saturated carbocycles. The van der Waals surface area contributed by atoms with Gasteiger partial charge in [0, 0.05) is 12.3 Å². The molecule has 0 unspecified atom stereocenters. The second-order valence-electron chi connectivity index (χ2n) is 6.66. The number of rotatable bonds is 4. The Morgan fingerprint density at radius 1 is 1.27 bits per heavy atom. The van der Waals surface area contributed by atoms with Gasteiger partial charge in [-0.1, -0.05) is 28.9 Å². The van der Waals surface area contributed by atoms with Crippen LogP contribution >= 0.6 is 11.6 Å². The average Bonchev–Trinajstić information content (AvgIpc) is 3.08. The molecule has 3 heterocycles. The summed E-state index contributed by atoms with van der Waals surface area (Å²) in [4.78, 5) is 29.3. The molecule has 3 aromatic heterocycles. The summed E-state index contributed by atoms with van der Waals surface area (Å²) >= 11 is 6.09. The highest BCUT2D eigenvalue weighted by atomic mass is 35.5. The summed E-state index contributed by atoms with van der Waals surface area (Å²) in [5.41, 5.74) is 1.16. The summed E-state index contributed by atoms with van der Waals surface area (Å²) in [6.45, 7) is 3.11. The second-order valence-corrected chi connectivity index (χ2v) is 7.06. The molecule has 0 aliphatic carbocycles. The molecule has 7 nitrogen and oxygen atoms in total. The summed E-state index contributed by atoms with van der Waals surface area (Å²) in [6, 6.07) is 8.93. The Hall–Kier alpha value is -3.52. The lowest BCUT2D eigenvalue weighted by Crippen LogP contribution is -2.17. The van der Waals surface area contributed by atoms with Crippen LogP contribution in [0.1, 0.15) is 27.4 Å². The summed E-state index contributed by atoms with van der Waals surface area (Å²) in [5, 5.41) is 3.86. The Bertz CT molecular complexity index is 1330. The van der Waals surface area contributed by atoms with Gasteiger partial charge >= 0.3 is 5.97 Å². The molecule has 152 valence electrons. The van der Waals surface area contributed by atoms with E-state index in [9.17, 15) is 14.0 Å². The van der Waals surface area contributed by atoms with Gasteiger partial charge in [-0.25, -0.2) is 14.2 Å². The zero-order valence-corrected chi connectivity index (χ0v) is 16.7. The van der Waals surface area contributed by atoms with E-state index in [1.165, 1.54) is 35.6 Å². The average molecular weight is 428 g/mol. The zero-order chi connectivity index (χ0) is 21.4. The van der Waals surface area contributed by atoms with Gasteiger partial charge in [-0.15, -0.1) is 0 Å². The molecule has 30 heavy (non-hydrogen) atoms. The van der Waals surface area contributed by atoms with Crippen molar-refractivity contribution in [3.8, 4) is 11.3 Å². The summed E-state index contributed by atoms with van der Waals surface area (Å²) < 4.78 is 26.1. The maximum atomic E-state index is 14.3. The summed E-state index contributed by atoms with van der Waals surface area (Å²) in [5.74, 6) is -1.30. The van der Waals surface area contributed by atoms with Gasteiger partial charge in [0.15, 0.2) is 0 Å². The van der Waals surface area contributed by atoms with Crippen molar-refractivity contribution in [1.82, 2.24) is 14.5 Å². The smallest absolute Gasteiger partial charge is 0.344 e. The van der Waals surface area contributed by atoms with Crippen molar-refractivity contribution in [2.75, 3.05) is 0 Å². The van der Waals surface area contributed by atoms with Crippen molar-refractivity contribution in [1.29, 1.82) is 0 Å². The lowest BCUT2D eigenvalue weighted by atomic mass is 10.1. The Morgan fingerprint density at radius 2 is 2.07 bits per heavy atom. The quantitative estimate of drug-likeness (QED) is 0.455. The SMILES string of the molecule is Cc1ccc2nc(COC(=O)c3c(-c4c(F)cccc4Cl)noc3C)cc(=O)n2c1. The normalized spacial score (nSPS) is 11.1. The van der Waals surface area contributed by atoms with E-state index in [1.54, 1.807) is 12.3 Å². The second kappa shape index (κ2) is 7.72. The molecular weight excluding hydrogens is 413 g/mol. The number of halogens is 2. The topological polar surface area (TPSA) is 86.7 Å². The Kier molecular flexibility index (Phi) is 5.09. The van der Waals surface area contributed by atoms with Crippen LogP contribution in [-0.2, 0) is 11.3 Å². The first-order valence-corrected chi connectivity index (χ1v) is 9.29. The van der Waals surface area contributed by atoms with E-state index in [-0.39, 0.29) is 45.5 Å². The molecule has 0 bridgehead atoms. The lowest BCUT2D eigenvalue weighted by Gasteiger charge is -2.08. The lowest BCUT2D eigenvalue weighted by molar-refractivity contribution is 0.0466. The Balaban J connectivity index is 1.63. The molecule has 1 aromatic carbocycles. The number of esters is 1. The number of benzene rings is 1. The van der Waals surface area contributed by atoms with Crippen LogP contribution in [0.2, 0.25) is 5.02 Å². The number of nitrogens with zero attached hydrogens (tertiary/aromatic N) is 3. The van der Waals surface area contributed by atoms with Crippen LogP contribution in [0, 0.1) is 19.7 Å². The maximum Gasteiger partial charge on any atom is 0.344 e. The molecule has 0 radical (unpaired) electrons. The minimum Gasteiger partial charge on any atom is -0.455 e. The standard InChI is InChI=1S/C21H15ClFN3O4/c1-11-6-7-16-24-13(8-17(27)26(16)9-11)10-29-21(28)18-12(2)30-25-20(18)19-14(22)4-3-5-15(19)23/h3-9H,10H2,1-2H3. The van der Waals surface area contributed by atoms with Gasteiger partial charge in [-0.05, 0) is 37.6 Å². The van der Waals surface area contributed by atoms with E-state index in [4.69, 9.17) is 20.9 Å². The van der Waals surface area contributed by atoms with Crippen LogP contribution in [-0.4, -0.2) is 20.5 Å². The highest BCUT2D eigenvalue weighted by Crippen LogP contribution is 2.33. The van der Waals surface area contributed by atoms with Crippen LogP contribution in [0.3, 0.4) is 0 Å². The van der Waals surface area contributed by atoms with E-state index in [2.05, 4.69) is 10.1 Å². The predicted molar refractivity (Wildman–Crippen MR) is 107 cm³/mol. The number of pyridine rings is 1. The van der Waals surface area contributed by atoms with E-state index in [1.807, 2.05) is 13.0 Å². The number of aryl methyl sites for hydroxylation is 2. The van der Waals surface area contributed by atoms with Crippen molar-refractivity contribution in [3.63, 3.8) is 0 Å². The molecule has 0 N–H and O–H groups in total. The molecule has 0 aliphatic heterocycles. The maximum absolute atomic E-state index is 14.3. The third-order valence-corrected chi connectivity index (χ3v) is 4.79. The van der Waals surface area contributed by atoms with Crippen LogP contribution in [0.15, 0.2) is 51.9 Å². The van der Waals surface area contributed by atoms with E-state index < -0.39 is 11.8 Å². The fourth-order valence-electron chi connectivity index (χ4n) is 3.05. The van der Waals surface area contributed by atoms with Crippen LogP contribution in [0.5, 0.6) is 0 Å². The molecule has 0 aliphatic rings. The minimum absolute atomic E-state index is 0.0462. The van der Waals surface area contributed by atoms with Gasteiger partial charge in [0.1, 0.15) is 35.1 Å². The first-order valence-electron chi connectivity index (χ1n) is 8.92. The van der Waals surface area contributed by atoms with Crippen molar-refractivity contribution in [3.05, 3.63) is 86.4 Å². The first-order chi connectivity index (χ1) is 14.3. The molecule has 0 spiro atoms. The molecule has 0 fully saturated rings. The number of aromatic nitrogens is 3. The summed E-state index contributed by atoms with van der Waals surface area (Å²) in [7, 11) is 0. The highest BCUT2D eigenvalue weighted by molar-refractivity contribution is 6.33. The van der Waals surface area contributed by atoms with Gasteiger partial charge in [0.2, 0.25) is 0 Å². The molecule has 4 rings (SSSR count). The van der Waals surface area contributed by atoms with Crippen LogP contribution in [0.25, 0.3) is 16.9 Å². The number of hydrogen-bond donors (Lipinski definition) is 0. The van der Waals surface area contributed by atoms with Gasteiger partial charge in [-0.3, -0.25) is 9.20 Å². The molecular formula is C21H15ClFN3O4. The third-order valence-electron chi connectivity index (χ3n) is 4.48. The molecule has 0 amide bonds. The van der Waals surface area contributed by atoms with Crippen molar-refractivity contribution < 1.29 is 18.4 Å². The first kappa shape index (κ1) is 19.8. The largest absolute Gasteiger partial charge is 0.455 e. The van der Waals surface area contributed by atoms with Crippen LogP contribution in [0.4, 0.5) is 4.39 Å². The highest BCUT2D eigenvalue weighted by Gasteiger charge is 2.26. The third kappa shape index (κ3) is 3.57. The monoisotopic (exact) mass is 427 g/mol. The number of carbonyl (C=O) groups is 1. The van der Waals surface area contributed by atoms with Crippen molar-refractivity contribution in [2.24, 2.45) is 0 Å². The van der Waals surface area contributed by atoms with Crippen molar-refractivity contribution in [2.45, 2.75) is 20.5 Å². The number of hydrogen-bond acceptors (Lipinski definition) is 6. The molecule has 4 aromatic rings. The van der Waals surface area contributed by atoms with Gasteiger partial charge in [0.25, 0.3) is 5.56 Å². The number of carbonyl (C=O) groups excluding carboxylic acids is 1. The van der Waals surface area contributed by atoms with Gasteiger partial charge in [0.05, 0.1) is 16.3 Å². The number of ether oxygens (including phenoxy) is 1. The summed E-state index contributed by atoms with van der Waals surface area (Å²) in [6.07, 6.45) is 1.67. The number of fused-ring (bicyclic) bond motifs is 1. The Morgan fingerprint density at radius 3 is 2.83 bits per heavy atom. The zero-order valence-electron chi connectivity index (χ0n) is 16.0. The molecule has 9 heteroatoms. The molecule has 0 saturated heterocycles. The Labute approximate surface area is 174 Å². The van der Waals surface area contributed by atoms with E-state index >= 15 is 0 Å².